The smallest absolute Gasteiger partial charge is 0.178 e. The molecule has 18 heavy (non-hydrogen) atoms. The summed E-state index contributed by atoms with van der Waals surface area (Å²) in [5.41, 5.74) is 7.61. The Bertz CT molecular complexity index is 631. The van der Waals surface area contributed by atoms with Crippen LogP contribution in [0.5, 0.6) is 11.5 Å². The second-order valence-electron chi connectivity index (χ2n) is 3.82. The van der Waals surface area contributed by atoms with E-state index in [9.17, 15) is 0 Å². The maximum Gasteiger partial charge on any atom is 0.178 e. The van der Waals surface area contributed by atoms with Crippen LogP contribution in [0.4, 0.5) is 5.82 Å². The summed E-state index contributed by atoms with van der Waals surface area (Å²) in [5.74, 6) is 1.98. The summed E-state index contributed by atoms with van der Waals surface area (Å²) in [5, 5.41) is 0. The highest BCUT2D eigenvalue weighted by Crippen LogP contribution is 2.35. The molecule has 0 spiro atoms. The van der Waals surface area contributed by atoms with Crippen LogP contribution in [0.3, 0.4) is 0 Å². The third kappa shape index (κ3) is 1.95. The van der Waals surface area contributed by atoms with E-state index < -0.39 is 0 Å². The highest BCUT2D eigenvalue weighted by molar-refractivity contribution is 7.71. The number of nitrogens with one attached hydrogen (secondary N) is 1. The zero-order valence-electron chi connectivity index (χ0n) is 10.5. The molecule has 0 aliphatic rings. The molecule has 2 aromatic rings. The molecular weight excluding hydrogens is 250 g/mol. The van der Waals surface area contributed by atoms with Crippen molar-refractivity contribution in [3.8, 4) is 22.8 Å². The quantitative estimate of drug-likeness (QED) is 0.836. The number of aromatic amines is 1. The molecule has 0 radical (unpaired) electrons. The topological polar surface area (TPSA) is 65.2 Å². The molecular formula is C12H15N3O2S. The molecule has 1 aromatic carbocycles. The van der Waals surface area contributed by atoms with Crippen molar-refractivity contribution in [2.45, 2.75) is 0 Å². The second kappa shape index (κ2) is 4.73. The fraction of sp³-hybridized carbons (Fsp3) is 0.250. The van der Waals surface area contributed by atoms with Gasteiger partial charge in [0.05, 0.1) is 19.9 Å². The van der Waals surface area contributed by atoms with Crippen LogP contribution >= 0.6 is 12.2 Å². The molecule has 0 fully saturated rings. The van der Waals surface area contributed by atoms with Crippen molar-refractivity contribution in [2.75, 3.05) is 20.0 Å². The number of aromatic nitrogens is 2. The first-order valence-corrected chi connectivity index (χ1v) is 5.76. The zero-order chi connectivity index (χ0) is 13.3. The number of methoxy groups -OCH3 is 2. The van der Waals surface area contributed by atoms with E-state index in [2.05, 4.69) is 4.98 Å². The largest absolute Gasteiger partial charge is 0.497 e. The van der Waals surface area contributed by atoms with Crippen LogP contribution in [0.2, 0.25) is 0 Å². The Kier molecular flexibility index (Phi) is 3.29. The van der Waals surface area contributed by atoms with Crippen molar-refractivity contribution in [1.29, 1.82) is 0 Å². The molecule has 0 aliphatic heterocycles. The number of H-pyrrole nitrogens is 1. The van der Waals surface area contributed by atoms with Crippen LogP contribution in [0.15, 0.2) is 18.2 Å². The van der Waals surface area contributed by atoms with Crippen LogP contribution in [0.1, 0.15) is 0 Å². The zero-order valence-corrected chi connectivity index (χ0v) is 11.3. The number of nitrogens with two attached hydrogens (primary N) is 1. The van der Waals surface area contributed by atoms with Crippen molar-refractivity contribution >= 4 is 18.0 Å². The number of ether oxygens (including phenoxy) is 2. The SMILES string of the molecule is COc1ccc(-c2[nH]c(=S)n(C)c2N)c(OC)c1. The van der Waals surface area contributed by atoms with Crippen LogP contribution in [-0.4, -0.2) is 23.8 Å². The van der Waals surface area contributed by atoms with Crippen LogP contribution in [0.25, 0.3) is 11.3 Å². The predicted octanol–water partition coefficient (Wildman–Crippen LogP) is 2.35. The predicted molar refractivity (Wildman–Crippen MR) is 73.6 cm³/mol. The average molecular weight is 265 g/mol. The molecule has 0 saturated carbocycles. The van der Waals surface area contributed by atoms with E-state index >= 15 is 0 Å². The van der Waals surface area contributed by atoms with Crippen LogP contribution in [-0.2, 0) is 7.05 Å². The van der Waals surface area contributed by atoms with Gasteiger partial charge < -0.3 is 24.8 Å². The fourth-order valence-electron chi connectivity index (χ4n) is 1.74. The van der Waals surface area contributed by atoms with E-state index in [1.165, 1.54) is 0 Å². The standard InChI is InChI=1S/C12H15N3O2S/c1-15-11(13)10(14-12(15)18)8-5-4-7(16-2)6-9(8)17-3/h4-6H,13H2,1-3H3,(H,14,18). The number of hydrogen-bond acceptors (Lipinski definition) is 4. The van der Waals surface area contributed by atoms with Gasteiger partial charge in [-0.25, -0.2) is 0 Å². The first-order chi connectivity index (χ1) is 8.58. The van der Waals surface area contributed by atoms with Crippen LogP contribution in [0, 0.1) is 4.77 Å². The molecule has 0 bridgehead atoms. The van der Waals surface area contributed by atoms with Crippen molar-refractivity contribution < 1.29 is 9.47 Å². The molecule has 96 valence electrons. The number of benzene rings is 1. The maximum absolute atomic E-state index is 6.01. The fourth-order valence-corrected chi connectivity index (χ4v) is 1.94. The summed E-state index contributed by atoms with van der Waals surface area (Å²) >= 11 is 5.15. The number of anilines is 1. The number of nitrogen functional groups attached to an aromatic ring is 1. The van der Waals surface area contributed by atoms with Gasteiger partial charge in [-0.1, -0.05) is 0 Å². The lowest BCUT2D eigenvalue weighted by Crippen LogP contribution is -1.97. The Morgan fingerprint density at radius 3 is 2.50 bits per heavy atom. The van der Waals surface area contributed by atoms with Crippen molar-refractivity contribution in [2.24, 2.45) is 7.05 Å². The average Bonchev–Trinajstić information content (AvgIpc) is 2.65. The molecule has 0 amide bonds. The molecule has 0 unspecified atom stereocenters. The van der Waals surface area contributed by atoms with Crippen molar-refractivity contribution in [3.63, 3.8) is 0 Å². The van der Waals surface area contributed by atoms with Gasteiger partial charge in [0.15, 0.2) is 4.77 Å². The minimum Gasteiger partial charge on any atom is -0.497 e. The minimum atomic E-state index is 0.570. The van der Waals surface area contributed by atoms with Gasteiger partial charge in [-0.05, 0) is 24.4 Å². The van der Waals surface area contributed by atoms with Gasteiger partial charge in [0, 0.05) is 18.7 Å². The third-order valence-corrected chi connectivity index (χ3v) is 3.21. The molecule has 0 atom stereocenters. The number of rotatable bonds is 3. The highest BCUT2D eigenvalue weighted by Gasteiger charge is 2.14. The molecule has 0 aliphatic carbocycles. The summed E-state index contributed by atoms with van der Waals surface area (Å²) in [6, 6.07) is 5.54. The summed E-state index contributed by atoms with van der Waals surface area (Å²) in [4.78, 5) is 3.07. The Balaban J connectivity index is 2.63. The Morgan fingerprint density at radius 2 is 2.00 bits per heavy atom. The van der Waals surface area contributed by atoms with Gasteiger partial charge in [0.25, 0.3) is 0 Å². The van der Waals surface area contributed by atoms with Crippen molar-refractivity contribution in [1.82, 2.24) is 9.55 Å². The number of imidazole rings is 1. The minimum absolute atomic E-state index is 0.570. The number of nitrogens with zero attached hydrogens (tertiary/aromatic N) is 1. The van der Waals surface area contributed by atoms with E-state index in [-0.39, 0.29) is 0 Å². The van der Waals surface area contributed by atoms with Gasteiger partial charge in [-0.15, -0.1) is 0 Å². The molecule has 5 nitrogen and oxygen atoms in total. The number of hydrogen-bond donors (Lipinski definition) is 2. The molecule has 0 saturated heterocycles. The van der Waals surface area contributed by atoms with E-state index in [1.54, 1.807) is 24.9 Å². The van der Waals surface area contributed by atoms with Gasteiger partial charge >= 0.3 is 0 Å². The van der Waals surface area contributed by atoms with Crippen LogP contribution < -0.4 is 15.2 Å². The lowest BCUT2D eigenvalue weighted by Gasteiger charge is -2.09. The normalized spacial score (nSPS) is 10.4. The maximum atomic E-state index is 6.01. The van der Waals surface area contributed by atoms with Gasteiger partial charge in [0.1, 0.15) is 17.3 Å². The molecule has 1 heterocycles. The summed E-state index contributed by atoms with van der Waals surface area (Å²) in [7, 11) is 5.03. The van der Waals surface area contributed by atoms with E-state index in [1.807, 2.05) is 19.2 Å². The first-order valence-electron chi connectivity index (χ1n) is 5.35. The lowest BCUT2D eigenvalue weighted by molar-refractivity contribution is 0.395. The van der Waals surface area contributed by atoms with Gasteiger partial charge in [-0.2, -0.15) is 0 Å². The summed E-state index contributed by atoms with van der Waals surface area (Å²) in [6.07, 6.45) is 0. The summed E-state index contributed by atoms with van der Waals surface area (Å²) in [6.45, 7) is 0. The monoisotopic (exact) mass is 265 g/mol. The first kappa shape index (κ1) is 12.5. The molecule has 6 heteroatoms. The summed E-state index contributed by atoms with van der Waals surface area (Å²) < 4.78 is 12.8. The Labute approximate surface area is 110 Å². The van der Waals surface area contributed by atoms with E-state index in [0.29, 0.717) is 16.3 Å². The lowest BCUT2D eigenvalue weighted by atomic mass is 10.1. The highest BCUT2D eigenvalue weighted by atomic mass is 32.1. The third-order valence-electron chi connectivity index (χ3n) is 2.83. The molecule has 1 aromatic heterocycles. The Morgan fingerprint density at radius 1 is 1.28 bits per heavy atom. The van der Waals surface area contributed by atoms with Gasteiger partial charge in [-0.3, -0.25) is 0 Å². The van der Waals surface area contributed by atoms with E-state index in [0.717, 1.165) is 17.0 Å². The molecule has 3 N–H and O–H groups in total. The molecule has 2 rings (SSSR count). The second-order valence-corrected chi connectivity index (χ2v) is 4.20. The Hall–Kier alpha value is -1.95. The van der Waals surface area contributed by atoms with Gasteiger partial charge in [0.2, 0.25) is 0 Å². The van der Waals surface area contributed by atoms with Crippen molar-refractivity contribution in [3.05, 3.63) is 23.0 Å². The van der Waals surface area contributed by atoms with E-state index in [4.69, 9.17) is 27.4 Å².